The number of unbranched alkanes of at least 4 members (excludes halogenated alkanes) is 18. The minimum absolute atomic E-state index is 0.126. The molecule has 7 nitrogen and oxygen atoms in total. The summed E-state index contributed by atoms with van der Waals surface area (Å²) in [7, 11) is 0. The van der Waals surface area contributed by atoms with E-state index in [1.54, 1.807) is 0 Å². The molecule has 1 aromatic heterocycles. The minimum atomic E-state index is -0.156. The maximum atomic E-state index is 11.3. The number of nitrogens with zero attached hydrogens (tertiary/aromatic N) is 3. The van der Waals surface area contributed by atoms with Gasteiger partial charge in [-0.25, -0.2) is 4.98 Å². The Hall–Kier alpha value is -4.65. The van der Waals surface area contributed by atoms with Crippen molar-refractivity contribution in [3.05, 3.63) is 66.7 Å². The van der Waals surface area contributed by atoms with Gasteiger partial charge in [0.2, 0.25) is 0 Å². The number of phenolic OH excluding ortho intramolecular Hbond substituents is 2. The highest BCUT2D eigenvalue weighted by Gasteiger charge is 2.21. The lowest BCUT2D eigenvalue weighted by atomic mass is 9.92. The van der Waals surface area contributed by atoms with Crippen molar-refractivity contribution in [3.63, 3.8) is 0 Å². The molecule has 0 spiro atoms. The van der Waals surface area contributed by atoms with Gasteiger partial charge < -0.3 is 19.7 Å². The summed E-state index contributed by atoms with van der Waals surface area (Å²) >= 11 is 0. The Labute approximate surface area is 334 Å². The molecule has 6 rings (SSSR count). The van der Waals surface area contributed by atoms with E-state index in [-0.39, 0.29) is 28.9 Å². The molecule has 6 aromatic rings. The topological polar surface area (TPSA) is 97.6 Å². The lowest BCUT2D eigenvalue weighted by molar-refractivity contribution is 0.281. The number of aromatic hydroxyl groups is 2. The van der Waals surface area contributed by atoms with Crippen LogP contribution >= 0.6 is 0 Å². The normalized spacial score (nSPS) is 11.7. The van der Waals surface area contributed by atoms with Crippen LogP contribution in [0.3, 0.4) is 0 Å². The SMILES string of the molecule is CCCCCCCCCCCCOc1cc(O)c(-c2nc(OCCCCCCCCCCCC)nc(-c3ccc4ccc5cccc6ccc3c4c56)n2)c(O)c1. The molecule has 7 heteroatoms. The molecule has 298 valence electrons. The van der Waals surface area contributed by atoms with Crippen LogP contribution in [0.25, 0.3) is 55.1 Å². The Bertz CT molecular complexity index is 2060. The van der Waals surface area contributed by atoms with Crippen LogP contribution in [-0.4, -0.2) is 38.4 Å². The van der Waals surface area contributed by atoms with E-state index in [4.69, 9.17) is 19.4 Å². The van der Waals surface area contributed by atoms with Gasteiger partial charge >= 0.3 is 6.01 Å². The molecule has 0 aliphatic heterocycles. The molecule has 5 aromatic carbocycles. The van der Waals surface area contributed by atoms with E-state index in [1.165, 1.54) is 131 Å². The minimum Gasteiger partial charge on any atom is -0.507 e. The zero-order valence-corrected chi connectivity index (χ0v) is 34.0. The molecule has 0 aliphatic carbocycles. The molecular weight excluding hydrogens is 695 g/mol. The average molecular weight is 758 g/mol. The number of aromatic nitrogens is 3. The first-order chi connectivity index (χ1) is 27.6. The summed E-state index contributed by atoms with van der Waals surface area (Å²) in [4.78, 5) is 14.4. The van der Waals surface area contributed by atoms with Crippen molar-refractivity contribution < 1.29 is 19.7 Å². The van der Waals surface area contributed by atoms with Crippen LogP contribution < -0.4 is 9.47 Å². The molecule has 0 atom stereocenters. The highest BCUT2D eigenvalue weighted by atomic mass is 16.5. The zero-order chi connectivity index (χ0) is 39.0. The second kappa shape index (κ2) is 21.6. The molecule has 0 bridgehead atoms. The van der Waals surface area contributed by atoms with Crippen molar-refractivity contribution in [1.82, 2.24) is 15.0 Å². The molecule has 0 fully saturated rings. The first kappa shape index (κ1) is 41.0. The van der Waals surface area contributed by atoms with E-state index < -0.39 is 0 Å². The van der Waals surface area contributed by atoms with Gasteiger partial charge in [0.1, 0.15) is 22.8 Å². The summed E-state index contributed by atoms with van der Waals surface area (Å²) in [6.07, 6.45) is 24.8. The van der Waals surface area contributed by atoms with Gasteiger partial charge in [-0.05, 0) is 51.2 Å². The van der Waals surface area contributed by atoms with E-state index in [2.05, 4.69) is 67.4 Å². The van der Waals surface area contributed by atoms with E-state index >= 15 is 0 Å². The highest BCUT2D eigenvalue weighted by Crippen LogP contribution is 2.42. The van der Waals surface area contributed by atoms with Crippen molar-refractivity contribution in [2.45, 2.75) is 142 Å². The van der Waals surface area contributed by atoms with Crippen LogP contribution in [0.2, 0.25) is 0 Å². The Morgan fingerprint density at radius 3 is 1.50 bits per heavy atom. The predicted molar refractivity (Wildman–Crippen MR) is 232 cm³/mol. The number of benzene rings is 5. The molecule has 0 aliphatic rings. The van der Waals surface area contributed by atoms with Crippen molar-refractivity contribution in [3.8, 4) is 46.0 Å². The van der Waals surface area contributed by atoms with Gasteiger partial charge in [0.15, 0.2) is 11.6 Å². The second-order valence-electron chi connectivity index (χ2n) is 15.6. The fraction of sp³-hybridized carbons (Fsp3) is 0.490. The average Bonchev–Trinajstić information content (AvgIpc) is 3.20. The van der Waals surface area contributed by atoms with Crippen LogP contribution in [0.15, 0.2) is 66.7 Å². The van der Waals surface area contributed by atoms with Gasteiger partial charge in [0.05, 0.1) is 13.2 Å². The fourth-order valence-electron chi connectivity index (χ4n) is 8.02. The predicted octanol–water partition coefficient (Wildman–Crippen LogP) is 14.1. The van der Waals surface area contributed by atoms with Crippen LogP contribution in [0.5, 0.6) is 23.3 Å². The molecule has 0 amide bonds. The molecule has 1 heterocycles. The number of hydrogen-bond acceptors (Lipinski definition) is 7. The molecule has 0 unspecified atom stereocenters. The zero-order valence-electron chi connectivity index (χ0n) is 34.0. The van der Waals surface area contributed by atoms with Gasteiger partial charge in [-0.15, -0.1) is 0 Å². The van der Waals surface area contributed by atoms with Crippen molar-refractivity contribution in [1.29, 1.82) is 0 Å². The maximum absolute atomic E-state index is 11.3. The van der Waals surface area contributed by atoms with Gasteiger partial charge in [-0.1, -0.05) is 178 Å². The van der Waals surface area contributed by atoms with Gasteiger partial charge in [0.25, 0.3) is 0 Å². The van der Waals surface area contributed by atoms with Crippen LogP contribution in [0.4, 0.5) is 0 Å². The molecule has 56 heavy (non-hydrogen) atoms. The Balaban J connectivity index is 1.17. The number of phenols is 2. The highest BCUT2D eigenvalue weighted by molar-refractivity contribution is 6.25. The summed E-state index contributed by atoms with van der Waals surface area (Å²) in [5.41, 5.74) is 0.958. The summed E-state index contributed by atoms with van der Waals surface area (Å²) < 4.78 is 12.2. The maximum Gasteiger partial charge on any atom is 0.320 e. The van der Waals surface area contributed by atoms with Gasteiger partial charge in [-0.2, -0.15) is 9.97 Å². The quantitative estimate of drug-likeness (QED) is 0.0420. The first-order valence-corrected chi connectivity index (χ1v) is 21.8. The molecular formula is C49H63N3O4. The number of rotatable bonds is 26. The largest absolute Gasteiger partial charge is 0.507 e. The van der Waals surface area contributed by atoms with E-state index in [0.29, 0.717) is 24.8 Å². The standard InChI is InChI=1S/C49H63N3O4/c1-3-5-7-9-11-13-15-17-19-21-32-55-39-34-42(53)46(43(54)35-39)48-50-47(51-49(52-48)56-33-22-20-18-16-14-12-10-8-6-4-2)41-31-29-38-27-26-36-24-23-25-37-28-30-40(41)45(38)44(36)37/h23-31,34-35,53-54H,3-22,32-33H2,1-2H3. The van der Waals surface area contributed by atoms with Crippen LogP contribution in [-0.2, 0) is 0 Å². The van der Waals surface area contributed by atoms with Crippen molar-refractivity contribution in [2.24, 2.45) is 0 Å². The summed E-state index contributed by atoms with van der Waals surface area (Å²) in [6, 6.07) is 22.4. The molecule has 2 N–H and O–H groups in total. The lowest BCUT2D eigenvalue weighted by Crippen LogP contribution is -2.06. The lowest BCUT2D eigenvalue weighted by Gasteiger charge is -2.15. The smallest absolute Gasteiger partial charge is 0.320 e. The Kier molecular flexibility index (Phi) is 15.8. The third-order valence-electron chi connectivity index (χ3n) is 11.2. The Morgan fingerprint density at radius 2 is 0.929 bits per heavy atom. The number of hydrogen-bond donors (Lipinski definition) is 2. The van der Waals surface area contributed by atoms with Crippen LogP contribution in [0.1, 0.15) is 142 Å². The number of ether oxygens (including phenoxy) is 2. The second-order valence-corrected chi connectivity index (χ2v) is 15.6. The van der Waals surface area contributed by atoms with Crippen LogP contribution in [0, 0.1) is 0 Å². The van der Waals surface area contributed by atoms with Gasteiger partial charge in [0, 0.05) is 17.7 Å². The molecule has 0 saturated heterocycles. The van der Waals surface area contributed by atoms with Crippen molar-refractivity contribution >= 4 is 32.3 Å². The van der Waals surface area contributed by atoms with E-state index in [0.717, 1.165) is 47.4 Å². The first-order valence-electron chi connectivity index (χ1n) is 21.8. The summed E-state index contributed by atoms with van der Waals surface area (Å²) in [5, 5.41) is 29.5. The van der Waals surface area contributed by atoms with Crippen molar-refractivity contribution in [2.75, 3.05) is 13.2 Å². The fourth-order valence-corrected chi connectivity index (χ4v) is 8.02. The Morgan fingerprint density at radius 1 is 0.464 bits per heavy atom. The monoisotopic (exact) mass is 757 g/mol. The molecule has 0 radical (unpaired) electrons. The molecule has 0 saturated carbocycles. The van der Waals surface area contributed by atoms with E-state index in [9.17, 15) is 10.2 Å². The third kappa shape index (κ3) is 11.0. The summed E-state index contributed by atoms with van der Waals surface area (Å²) in [6.45, 7) is 5.51. The summed E-state index contributed by atoms with van der Waals surface area (Å²) in [5.74, 6) is 0.673. The third-order valence-corrected chi connectivity index (χ3v) is 11.2. The van der Waals surface area contributed by atoms with E-state index in [1.807, 2.05) is 6.07 Å². The van der Waals surface area contributed by atoms with Gasteiger partial charge in [-0.3, -0.25) is 0 Å².